The van der Waals surface area contributed by atoms with E-state index in [1.165, 1.54) is 19.1 Å². The zero-order valence-corrected chi connectivity index (χ0v) is 19.7. The summed E-state index contributed by atoms with van der Waals surface area (Å²) in [6, 6.07) is 1.30. The minimum Gasteiger partial charge on any atom is -0.508 e. The van der Waals surface area contributed by atoms with Crippen LogP contribution in [0, 0.1) is 11.8 Å². The molecule has 3 aliphatic carbocycles. The predicted molar refractivity (Wildman–Crippen MR) is 119 cm³/mol. The lowest BCUT2D eigenvalue weighted by molar-refractivity contribution is -0.891. The minimum atomic E-state index is -2.78. The van der Waals surface area contributed by atoms with Crippen molar-refractivity contribution >= 4 is 34.8 Å². The van der Waals surface area contributed by atoms with Gasteiger partial charge in [-0.2, -0.15) is 0 Å². The molecule has 0 aromatic heterocycles. The molecule has 4 unspecified atom stereocenters. The summed E-state index contributed by atoms with van der Waals surface area (Å²) < 4.78 is -0.138. The van der Waals surface area contributed by atoms with Gasteiger partial charge in [0.05, 0.1) is 38.2 Å². The van der Waals surface area contributed by atoms with Gasteiger partial charge >= 0.3 is 0 Å². The van der Waals surface area contributed by atoms with Crippen molar-refractivity contribution in [3.8, 4) is 5.75 Å². The lowest BCUT2D eigenvalue weighted by atomic mass is 9.54. The maximum atomic E-state index is 13.8. The fraction of sp³-hybridized carbons (Fsp3) is 0.435. The van der Waals surface area contributed by atoms with E-state index in [1.54, 1.807) is 21.1 Å². The third-order valence-corrected chi connectivity index (χ3v) is 7.66. The highest BCUT2D eigenvalue weighted by Crippen LogP contribution is 2.58. The van der Waals surface area contributed by atoms with Gasteiger partial charge in [0.2, 0.25) is 11.6 Å². The van der Waals surface area contributed by atoms with Crippen LogP contribution in [0.5, 0.6) is 5.75 Å². The lowest BCUT2D eigenvalue weighted by Crippen LogP contribution is -2.70. The molecule has 0 heterocycles. The number of benzene rings is 1. The third-order valence-electron chi connectivity index (χ3n) is 7.35. The van der Waals surface area contributed by atoms with Crippen molar-refractivity contribution in [2.24, 2.45) is 17.6 Å². The average molecular weight is 494 g/mol. The first-order chi connectivity index (χ1) is 15.5. The molecule has 4 rings (SSSR count). The van der Waals surface area contributed by atoms with Gasteiger partial charge in [0.1, 0.15) is 22.8 Å². The summed E-state index contributed by atoms with van der Waals surface area (Å²) in [6.07, 6.45) is -0.248. The van der Waals surface area contributed by atoms with Crippen LogP contribution in [0.25, 0.3) is 5.76 Å². The van der Waals surface area contributed by atoms with Gasteiger partial charge in [-0.1, -0.05) is 11.6 Å². The van der Waals surface area contributed by atoms with Crippen LogP contribution in [-0.4, -0.2) is 80.3 Å². The van der Waals surface area contributed by atoms with E-state index in [1.807, 2.05) is 0 Å². The number of halogens is 1. The topological polar surface area (TPSA) is 178 Å². The molecule has 11 heteroatoms. The summed E-state index contributed by atoms with van der Waals surface area (Å²) in [4.78, 5) is 39.2. The number of quaternary nitrogens is 1. The monoisotopic (exact) mass is 493 g/mol. The predicted octanol–water partition coefficient (Wildman–Crippen LogP) is 0.427. The Bertz CT molecular complexity index is 1240. The number of primary amides is 1. The highest BCUT2D eigenvalue weighted by Gasteiger charge is 2.68. The van der Waals surface area contributed by atoms with Gasteiger partial charge in [0.15, 0.2) is 11.6 Å². The quantitative estimate of drug-likeness (QED) is 0.253. The van der Waals surface area contributed by atoms with Gasteiger partial charge in [0.25, 0.3) is 5.91 Å². The first-order valence-corrected chi connectivity index (χ1v) is 10.9. The molecule has 0 aliphatic heterocycles. The van der Waals surface area contributed by atoms with E-state index in [4.69, 9.17) is 17.3 Å². The Morgan fingerprint density at radius 2 is 1.74 bits per heavy atom. The molecule has 0 spiro atoms. The second kappa shape index (κ2) is 7.05. The van der Waals surface area contributed by atoms with Crippen LogP contribution < -0.4 is 5.73 Å². The molecular weight excluding hydrogens is 468 g/mol. The summed E-state index contributed by atoms with van der Waals surface area (Å²) >= 11 is 6.30. The van der Waals surface area contributed by atoms with E-state index in [0.29, 0.717) is 0 Å². The molecule has 10 nitrogen and oxygen atoms in total. The maximum Gasteiger partial charge on any atom is 0.256 e. The SMILES string of the molecule is CC1(O)c2c(Cl)ccc(O)c2C(O)=C2C(=O)[C@]3(O)C(O)=C(C(N)=O)C(=O)C([N+](C)(C)C)C3CC21. The van der Waals surface area contributed by atoms with Gasteiger partial charge in [-0.3, -0.25) is 14.4 Å². The second-order valence-corrected chi connectivity index (χ2v) is 10.6. The van der Waals surface area contributed by atoms with Crippen LogP contribution in [0.1, 0.15) is 24.5 Å². The Kier molecular flexibility index (Phi) is 5.02. The van der Waals surface area contributed by atoms with Gasteiger partial charge in [-0.25, -0.2) is 0 Å². The average Bonchev–Trinajstić information content (AvgIpc) is 2.69. The molecule has 0 bridgehead atoms. The standard InChI is InChI=1S/C23H25ClN2O8/c1-22(33)8-7-9-16(26(2,3)4)18(29)14(21(25)32)20(31)23(9,34)19(30)12(8)17(28)13-11(27)6-5-10(24)15(13)22/h5-6,8-9,16,33-34H,7H2,1-4H3,(H4-,25,27,28,29,30,31,32)/p+1/t8?,9?,16?,22?,23-/m0/s1. The van der Waals surface area contributed by atoms with E-state index in [2.05, 4.69) is 0 Å². The number of fused-ring (bicyclic) bond motifs is 3. The van der Waals surface area contributed by atoms with E-state index in [9.17, 15) is 39.9 Å². The van der Waals surface area contributed by atoms with E-state index in [-0.39, 0.29) is 27.1 Å². The summed E-state index contributed by atoms with van der Waals surface area (Å²) in [5.74, 6) is -8.21. The number of phenolic OH excluding ortho intramolecular Hbond substituents is 1. The molecule has 34 heavy (non-hydrogen) atoms. The number of phenols is 1. The third kappa shape index (κ3) is 2.83. The van der Waals surface area contributed by atoms with Gasteiger partial charge in [-0.15, -0.1) is 0 Å². The normalized spacial score (nSPS) is 33.4. The Labute approximate surface area is 199 Å². The molecule has 1 aromatic carbocycles. The Hall–Kier alpha value is -2.92. The highest BCUT2D eigenvalue weighted by atomic mass is 35.5. The fourth-order valence-corrected chi connectivity index (χ4v) is 6.22. The maximum absolute atomic E-state index is 13.8. The second-order valence-electron chi connectivity index (χ2n) is 10.2. The summed E-state index contributed by atoms with van der Waals surface area (Å²) in [5.41, 5.74) is -1.02. The number of nitrogens with zero attached hydrogens (tertiary/aromatic N) is 1. The van der Waals surface area contributed by atoms with Crippen LogP contribution in [0.3, 0.4) is 0 Å². The molecule has 1 amide bonds. The zero-order chi connectivity index (χ0) is 25.7. The van der Waals surface area contributed by atoms with Crippen molar-refractivity contribution < 1.29 is 44.4 Å². The number of aliphatic hydroxyl groups excluding tert-OH is 2. The molecular formula is C23H26ClN2O8+. The largest absolute Gasteiger partial charge is 0.508 e. The fourth-order valence-electron chi connectivity index (χ4n) is 5.88. The van der Waals surface area contributed by atoms with E-state index in [0.717, 1.165) is 0 Å². The first-order valence-electron chi connectivity index (χ1n) is 10.5. The number of nitrogens with two attached hydrogens (primary N) is 1. The molecule has 0 saturated heterocycles. The number of hydrogen-bond acceptors (Lipinski definition) is 8. The number of Topliss-reactive ketones (excluding diaryl/α,β-unsaturated/α-hetero) is 2. The van der Waals surface area contributed by atoms with Crippen molar-refractivity contribution in [3.05, 3.63) is 45.2 Å². The van der Waals surface area contributed by atoms with Crippen molar-refractivity contribution in [1.82, 2.24) is 0 Å². The molecule has 0 radical (unpaired) electrons. The number of carbonyl (C=O) groups is 3. The Balaban J connectivity index is 2.09. The molecule has 1 saturated carbocycles. The minimum absolute atomic E-state index is 0.0137. The lowest BCUT2D eigenvalue weighted by Gasteiger charge is -2.53. The van der Waals surface area contributed by atoms with Gasteiger partial charge in [-0.05, 0) is 25.5 Å². The van der Waals surface area contributed by atoms with Crippen LogP contribution in [0.2, 0.25) is 5.02 Å². The number of aromatic hydroxyl groups is 1. The number of carbonyl (C=O) groups excluding carboxylic acids is 3. The summed E-state index contributed by atoms with van der Waals surface area (Å²) in [5, 5.41) is 55.6. The smallest absolute Gasteiger partial charge is 0.256 e. The van der Waals surface area contributed by atoms with Gasteiger partial charge < -0.3 is 35.7 Å². The molecule has 5 atom stereocenters. The van der Waals surface area contributed by atoms with Crippen molar-refractivity contribution in [2.45, 2.75) is 30.6 Å². The van der Waals surface area contributed by atoms with Crippen LogP contribution >= 0.6 is 11.6 Å². The van der Waals surface area contributed by atoms with Crippen molar-refractivity contribution in [1.29, 1.82) is 0 Å². The van der Waals surface area contributed by atoms with Crippen LogP contribution in [0.15, 0.2) is 29.0 Å². The van der Waals surface area contributed by atoms with Crippen LogP contribution in [0.4, 0.5) is 0 Å². The Morgan fingerprint density at radius 3 is 2.26 bits per heavy atom. The van der Waals surface area contributed by atoms with E-state index < -0.39 is 75.0 Å². The van der Waals surface area contributed by atoms with Crippen molar-refractivity contribution in [2.75, 3.05) is 21.1 Å². The van der Waals surface area contributed by atoms with E-state index >= 15 is 0 Å². The number of aliphatic hydroxyl groups is 4. The molecule has 182 valence electrons. The highest BCUT2D eigenvalue weighted by molar-refractivity contribution is 6.32. The number of rotatable bonds is 2. The zero-order valence-electron chi connectivity index (χ0n) is 19.0. The summed E-state index contributed by atoms with van der Waals surface area (Å²) in [6.45, 7) is 1.35. The number of ketones is 2. The van der Waals surface area contributed by atoms with Gasteiger partial charge in [0, 0.05) is 22.1 Å². The summed E-state index contributed by atoms with van der Waals surface area (Å²) in [7, 11) is 4.83. The number of amides is 1. The van der Waals surface area contributed by atoms with Crippen molar-refractivity contribution in [3.63, 3.8) is 0 Å². The Morgan fingerprint density at radius 1 is 1.15 bits per heavy atom. The number of hydrogen-bond donors (Lipinski definition) is 6. The first kappa shape index (κ1) is 24.2. The van der Waals surface area contributed by atoms with Crippen LogP contribution in [-0.2, 0) is 20.0 Å². The molecule has 7 N–H and O–H groups in total. The molecule has 1 fully saturated rings. The number of likely N-dealkylation sites (N-methyl/N-ethyl adjacent to an activating group) is 1. The molecule has 1 aromatic rings. The molecule has 3 aliphatic rings.